The Balaban J connectivity index is 1.48. The van der Waals surface area contributed by atoms with Gasteiger partial charge in [0.25, 0.3) is 0 Å². The lowest BCUT2D eigenvalue weighted by molar-refractivity contribution is 0.0462. The second kappa shape index (κ2) is 8.90. The molecule has 2 aromatic heterocycles. The Kier molecular flexibility index (Phi) is 6.25. The van der Waals surface area contributed by atoms with Crippen LogP contribution in [0.3, 0.4) is 0 Å². The van der Waals surface area contributed by atoms with Gasteiger partial charge in [-0.15, -0.1) is 22.7 Å². The summed E-state index contributed by atoms with van der Waals surface area (Å²) in [6.45, 7) is 0.846. The Labute approximate surface area is 180 Å². The first kappa shape index (κ1) is 21.1. The smallest absolute Gasteiger partial charge is 0.341 e. The first-order valence-electron chi connectivity index (χ1n) is 8.98. The zero-order valence-corrected chi connectivity index (χ0v) is 18.1. The minimum absolute atomic E-state index is 0.138. The third kappa shape index (κ3) is 4.44. The van der Waals surface area contributed by atoms with Crippen LogP contribution in [-0.4, -0.2) is 50.0 Å². The lowest BCUT2D eigenvalue weighted by Gasteiger charge is -2.26. The number of carbonyl (C=O) groups excluding carboxylic acids is 1. The average Bonchev–Trinajstić information content (AvgIpc) is 3.45. The fraction of sp³-hybridized carbons (Fsp3) is 0.263. The molecule has 30 heavy (non-hydrogen) atoms. The van der Waals surface area contributed by atoms with Crippen molar-refractivity contribution in [3.63, 3.8) is 0 Å². The first-order valence-corrected chi connectivity index (χ1v) is 12.2. The van der Waals surface area contributed by atoms with Gasteiger partial charge in [-0.05, 0) is 29.6 Å². The molecule has 0 bridgehead atoms. The molecule has 0 spiro atoms. The van der Waals surface area contributed by atoms with Crippen molar-refractivity contribution >= 4 is 38.7 Å². The first-order chi connectivity index (χ1) is 14.4. The molecule has 1 saturated heterocycles. The Morgan fingerprint density at radius 3 is 2.77 bits per heavy atom. The van der Waals surface area contributed by atoms with Gasteiger partial charge in [0, 0.05) is 18.5 Å². The fourth-order valence-corrected chi connectivity index (χ4v) is 5.91. The summed E-state index contributed by atoms with van der Waals surface area (Å²) in [7, 11) is -3.85. The van der Waals surface area contributed by atoms with Crippen LogP contribution < -0.4 is 0 Å². The Morgan fingerprint density at radius 1 is 1.23 bits per heavy atom. The molecule has 1 aliphatic heterocycles. The highest BCUT2D eigenvalue weighted by molar-refractivity contribution is 7.89. The highest BCUT2D eigenvalue weighted by Gasteiger charge is 2.28. The summed E-state index contributed by atoms with van der Waals surface area (Å²) in [5, 5.41) is 4.51. The highest BCUT2D eigenvalue weighted by Crippen LogP contribution is 2.28. The molecule has 1 fully saturated rings. The van der Waals surface area contributed by atoms with Gasteiger partial charge in [-0.2, -0.15) is 4.31 Å². The number of ether oxygens (including phenoxy) is 2. The summed E-state index contributed by atoms with van der Waals surface area (Å²) < 4.78 is 51.3. The minimum atomic E-state index is -3.85. The number of aromatic nitrogens is 1. The van der Waals surface area contributed by atoms with Gasteiger partial charge in [-0.1, -0.05) is 6.07 Å². The van der Waals surface area contributed by atoms with E-state index in [2.05, 4.69) is 4.98 Å². The van der Waals surface area contributed by atoms with Gasteiger partial charge in [-0.25, -0.2) is 22.6 Å². The number of hydrogen-bond acceptors (Lipinski definition) is 8. The number of halogens is 1. The van der Waals surface area contributed by atoms with Crippen molar-refractivity contribution in [2.24, 2.45) is 0 Å². The fourth-order valence-electron chi connectivity index (χ4n) is 2.86. The molecule has 0 atom stereocenters. The predicted octanol–water partition coefficient (Wildman–Crippen LogP) is 3.39. The molecule has 1 aliphatic rings. The van der Waals surface area contributed by atoms with Crippen LogP contribution in [0.25, 0.3) is 9.88 Å². The van der Waals surface area contributed by atoms with Gasteiger partial charge in [0.2, 0.25) is 10.0 Å². The Morgan fingerprint density at radius 2 is 2.03 bits per heavy atom. The summed E-state index contributed by atoms with van der Waals surface area (Å²) >= 11 is 2.97. The van der Waals surface area contributed by atoms with Crippen LogP contribution in [0.5, 0.6) is 0 Å². The SMILES string of the molecule is O=C(OCc1csc(-c2cccs2)n1)c1cc(S(=O)(=O)N2CCOCC2)ccc1F. The number of rotatable bonds is 6. The number of sulfonamides is 1. The van der Waals surface area contributed by atoms with Crippen LogP contribution in [0.4, 0.5) is 4.39 Å². The number of thiazole rings is 1. The lowest BCUT2D eigenvalue weighted by atomic mass is 10.2. The molecule has 7 nitrogen and oxygen atoms in total. The molecule has 0 unspecified atom stereocenters. The number of carbonyl (C=O) groups is 1. The van der Waals surface area contributed by atoms with Crippen molar-refractivity contribution in [2.75, 3.05) is 26.3 Å². The second-order valence-electron chi connectivity index (χ2n) is 6.36. The zero-order valence-electron chi connectivity index (χ0n) is 15.6. The van der Waals surface area contributed by atoms with Gasteiger partial charge in [0.15, 0.2) is 0 Å². The van der Waals surface area contributed by atoms with Crippen molar-refractivity contribution in [3.8, 4) is 9.88 Å². The third-order valence-corrected chi connectivity index (χ3v) is 8.23. The van der Waals surface area contributed by atoms with Crippen LogP contribution in [-0.2, 0) is 26.1 Å². The normalized spacial score (nSPS) is 15.2. The van der Waals surface area contributed by atoms with E-state index in [0.29, 0.717) is 5.69 Å². The third-order valence-electron chi connectivity index (χ3n) is 4.40. The predicted molar refractivity (Wildman–Crippen MR) is 111 cm³/mol. The quantitative estimate of drug-likeness (QED) is 0.516. The standard InChI is InChI=1S/C19H17FN2O5S3/c20-16-4-3-14(30(24,25)22-5-7-26-8-6-22)10-15(16)19(23)27-11-13-12-29-18(21-13)17-2-1-9-28-17/h1-4,9-10,12H,5-8,11H2. The van der Waals surface area contributed by atoms with E-state index >= 15 is 0 Å². The molecule has 4 rings (SSSR count). The minimum Gasteiger partial charge on any atom is -0.455 e. The van der Waals surface area contributed by atoms with Gasteiger partial charge in [-0.3, -0.25) is 0 Å². The summed E-state index contributed by atoms with van der Waals surface area (Å²) in [5.74, 6) is -1.80. The lowest BCUT2D eigenvalue weighted by Crippen LogP contribution is -2.40. The molecule has 0 N–H and O–H groups in total. The highest BCUT2D eigenvalue weighted by atomic mass is 32.2. The van der Waals surface area contributed by atoms with Crippen molar-refractivity contribution in [2.45, 2.75) is 11.5 Å². The molecule has 0 amide bonds. The van der Waals surface area contributed by atoms with E-state index < -0.39 is 27.4 Å². The van der Waals surface area contributed by atoms with Crippen LogP contribution >= 0.6 is 22.7 Å². The van der Waals surface area contributed by atoms with Gasteiger partial charge in [0.05, 0.1) is 34.2 Å². The molecule has 11 heteroatoms. The molecule has 0 radical (unpaired) electrons. The molecular formula is C19H17FN2O5S3. The maximum atomic E-state index is 14.2. The van der Waals surface area contributed by atoms with E-state index in [1.165, 1.54) is 15.6 Å². The van der Waals surface area contributed by atoms with Gasteiger partial charge >= 0.3 is 5.97 Å². The molecule has 1 aromatic carbocycles. The topological polar surface area (TPSA) is 85.8 Å². The summed E-state index contributed by atoms with van der Waals surface area (Å²) in [4.78, 5) is 17.7. The number of benzene rings is 1. The summed E-state index contributed by atoms with van der Waals surface area (Å²) in [6.07, 6.45) is 0. The van der Waals surface area contributed by atoms with Gasteiger partial charge < -0.3 is 9.47 Å². The number of thiophene rings is 1. The van der Waals surface area contributed by atoms with Crippen molar-refractivity contribution in [1.29, 1.82) is 0 Å². The van der Waals surface area contributed by atoms with Crippen LogP contribution in [0.2, 0.25) is 0 Å². The maximum Gasteiger partial charge on any atom is 0.341 e. The van der Waals surface area contributed by atoms with E-state index in [9.17, 15) is 17.6 Å². The molecule has 0 saturated carbocycles. The van der Waals surface area contributed by atoms with E-state index in [1.54, 1.807) is 16.7 Å². The monoisotopic (exact) mass is 468 g/mol. The van der Waals surface area contributed by atoms with Crippen LogP contribution in [0.1, 0.15) is 16.1 Å². The number of nitrogens with zero attached hydrogens (tertiary/aromatic N) is 2. The number of morpholine rings is 1. The number of hydrogen-bond donors (Lipinski definition) is 0. The molecule has 0 aliphatic carbocycles. The molecule has 3 heterocycles. The Bertz CT molecular complexity index is 1140. The largest absolute Gasteiger partial charge is 0.455 e. The van der Waals surface area contributed by atoms with Crippen molar-refractivity contribution < 1.29 is 27.1 Å². The summed E-state index contributed by atoms with van der Waals surface area (Å²) in [5.41, 5.74) is 0.104. The number of esters is 1. The molecular weight excluding hydrogens is 451 g/mol. The Hall–Kier alpha value is -2.18. The van der Waals surface area contributed by atoms with E-state index in [0.717, 1.165) is 28.1 Å². The van der Waals surface area contributed by atoms with Crippen LogP contribution in [0, 0.1) is 5.82 Å². The van der Waals surface area contributed by atoms with E-state index in [1.807, 2.05) is 17.5 Å². The van der Waals surface area contributed by atoms with E-state index in [4.69, 9.17) is 9.47 Å². The van der Waals surface area contributed by atoms with Crippen molar-refractivity contribution in [3.05, 3.63) is 58.2 Å². The maximum absolute atomic E-state index is 14.2. The van der Waals surface area contributed by atoms with Crippen molar-refractivity contribution in [1.82, 2.24) is 9.29 Å². The molecule has 158 valence electrons. The van der Waals surface area contributed by atoms with E-state index in [-0.39, 0.29) is 37.8 Å². The summed E-state index contributed by atoms with van der Waals surface area (Å²) in [6, 6.07) is 6.98. The zero-order chi connectivity index (χ0) is 21.1. The average molecular weight is 469 g/mol. The van der Waals surface area contributed by atoms with Crippen LogP contribution in [0.15, 0.2) is 46.0 Å². The van der Waals surface area contributed by atoms with Gasteiger partial charge in [0.1, 0.15) is 17.4 Å². The molecule has 3 aromatic rings. The second-order valence-corrected chi connectivity index (χ2v) is 10.1.